The highest BCUT2D eigenvalue weighted by molar-refractivity contribution is 5.21. The van der Waals surface area contributed by atoms with Crippen molar-refractivity contribution in [2.24, 2.45) is 0 Å². The van der Waals surface area contributed by atoms with E-state index in [0.717, 1.165) is 6.42 Å². The molecule has 0 radical (unpaired) electrons. The molecule has 0 aliphatic rings. The van der Waals surface area contributed by atoms with Crippen molar-refractivity contribution in [2.75, 3.05) is 47.2 Å². The van der Waals surface area contributed by atoms with Crippen LogP contribution in [0.1, 0.15) is 18.0 Å². The van der Waals surface area contributed by atoms with Gasteiger partial charge in [0.05, 0.1) is 25.9 Å². The minimum atomic E-state index is -0.210. The molecule has 0 heterocycles. The summed E-state index contributed by atoms with van der Waals surface area (Å²) in [6.07, 6.45) is 0.817. The molecule has 0 aliphatic carbocycles. The first-order valence-corrected chi connectivity index (χ1v) is 6.85. The Morgan fingerprint density at radius 3 is 2.55 bits per heavy atom. The topological polar surface area (TPSA) is 39.7 Å². The summed E-state index contributed by atoms with van der Waals surface area (Å²) >= 11 is 0. The second-order valence-electron chi connectivity index (χ2n) is 4.40. The highest BCUT2D eigenvalue weighted by Gasteiger charge is 2.13. The number of hydrogen-bond acceptors (Lipinski definition) is 4. The lowest BCUT2D eigenvalue weighted by Crippen LogP contribution is -2.23. The van der Waals surface area contributed by atoms with Crippen molar-refractivity contribution in [1.29, 1.82) is 0 Å². The summed E-state index contributed by atoms with van der Waals surface area (Å²) < 4.78 is 29.4. The molecule has 0 saturated heterocycles. The van der Waals surface area contributed by atoms with E-state index < -0.39 is 0 Å². The summed E-state index contributed by atoms with van der Waals surface area (Å²) in [7, 11) is 3.45. The van der Waals surface area contributed by atoms with Crippen LogP contribution in [0.3, 0.4) is 0 Å². The van der Waals surface area contributed by atoms with E-state index in [1.54, 1.807) is 26.3 Å². The fraction of sp³-hybridized carbons (Fsp3) is 0.600. The van der Waals surface area contributed by atoms with E-state index in [-0.39, 0.29) is 11.9 Å². The lowest BCUT2D eigenvalue weighted by Gasteiger charge is -2.17. The minimum absolute atomic E-state index is 0.134. The summed E-state index contributed by atoms with van der Waals surface area (Å²) in [5.74, 6) is -0.210. The largest absolute Gasteiger partial charge is 0.382 e. The van der Waals surface area contributed by atoms with E-state index in [4.69, 9.17) is 14.2 Å². The van der Waals surface area contributed by atoms with Crippen LogP contribution in [0.5, 0.6) is 0 Å². The van der Waals surface area contributed by atoms with Gasteiger partial charge in [-0.3, -0.25) is 0 Å². The molecule has 1 rings (SSSR count). The molecule has 0 bridgehead atoms. The molecule has 0 fully saturated rings. The number of methoxy groups -OCH3 is 1. The first-order chi connectivity index (χ1) is 9.79. The highest BCUT2D eigenvalue weighted by Crippen LogP contribution is 2.16. The second-order valence-corrected chi connectivity index (χ2v) is 4.40. The van der Waals surface area contributed by atoms with Crippen LogP contribution in [0.15, 0.2) is 24.3 Å². The van der Waals surface area contributed by atoms with E-state index in [1.165, 1.54) is 6.07 Å². The van der Waals surface area contributed by atoms with Gasteiger partial charge in [-0.05, 0) is 19.5 Å². The number of nitrogens with one attached hydrogen (secondary N) is 1. The molecule has 5 heteroatoms. The first kappa shape index (κ1) is 17.0. The van der Waals surface area contributed by atoms with Gasteiger partial charge in [-0.25, -0.2) is 4.39 Å². The van der Waals surface area contributed by atoms with Gasteiger partial charge in [0.1, 0.15) is 5.82 Å². The maximum Gasteiger partial charge on any atom is 0.128 e. The molecule has 0 spiro atoms. The van der Waals surface area contributed by atoms with Crippen LogP contribution >= 0.6 is 0 Å². The van der Waals surface area contributed by atoms with E-state index in [1.807, 2.05) is 6.07 Å². The zero-order valence-electron chi connectivity index (χ0n) is 12.2. The maximum absolute atomic E-state index is 13.6. The Bertz CT molecular complexity index is 363. The quantitative estimate of drug-likeness (QED) is 0.632. The van der Waals surface area contributed by atoms with Crippen LogP contribution in [0.2, 0.25) is 0 Å². The molecule has 114 valence electrons. The third-order valence-corrected chi connectivity index (χ3v) is 2.92. The van der Waals surface area contributed by atoms with Gasteiger partial charge < -0.3 is 19.5 Å². The van der Waals surface area contributed by atoms with Crippen molar-refractivity contribution >= 4 is 0 Å². The molecule has 0 aliphatic heterocycles. The molecule has 4 nitrogen and oxygen atoms in total. The minimum Gasteiger partial charge on any atom is -0.382 e. The van der Waals surface area contributed by atoms with Gasteiger partial charge >= 0.3 is 0 Å². The van der Waals surface area contributed by atoms with Gasteiger partial charge in [0.15, 0.2) is 0 Å². The Morgan fingerprint density at radius 2 is 1.85 bits per heavy atom. The molecule has 1 N–H and O–H groups in total. The Balaban J connectivity index is 2.18. The average molecular weight is 285 g/mol. The van der Waals surface area contributed by atoms with Crippen LogP contribution in [0.4, 0.5) is 4.39 Å². The summed E-state index contributed by atoms with van der Waals surface area (Å²) in [4.78, 5) is 0. The zero-order valence-corrected chi connectivity index (χ0v) is 12.2. The Kier molecular flexibility index (Phi) is 9.15. The SMILES string of the molecule is CNC(COCCCOCCOC)c1ccccc1F. The number of hydrogen-bond donors (Lipinski definition) is 1. The van der Waals surface area contributed by atoms with E-state index in [0.29, 0.717) is 38.6 Å². The third-order valence-electron chi connectivity index (χ3n) is 2.92. The summed E-state index contributed by atoms with van der Waals surface area (Å²) in [5.41, 5.74) is 0.631. The standard InChI is InChI=1S/C15H24FNO3/c1-17-15(13-6-3-4-7-14(13)16)12-20-9-5-8-19-11-10-18-2/h3-4,6-7,15,17H,5,8-12H2,1-2H3. The monoisotopic (exact) mass is 285 g/mol. The Hall–Kier alpha value is -1.01. The predicted octanol–water partition coefficient (Wildman–Crippen LogP) is 2.16. The van der Waals surface area contributed by atoms with Crippen LogP contribution in [0, 0.1) is 5.82 Å². The smallest absolute Gasteiger partial charge is 0.128 e. The van der Waals surface area contributed by atoms with Crippen molar-refractivity contribution in [3.63, 3.8) is 0 Å². The van der Waals surface area contributed by atoms with E-state index >= 15 is 0 Å². The lowest BCUT2D eigenvalue weighted by molar-refractivity contribution is 0.0476. The molecule has 1 unspecified atom stereocenters. The predicted molar refractivity (Wildman–Crippen MR) is 76.3 cm³/mol. The molecule has 1 aromatic carbocycles. The highest BCUT2D eigenvalue weighted by atomic mass is 19.1. The second kappa shape index (κ2) is 10.7. The molecular formula is C15H24FNO3. The Labute approximate surface area is 120 Å². The van der Waals surface area contributed by atoms with Crippen LogP contribution in [0.25, 0.3) is 0 Å². The molecule has 1 atom stereocenters. The third kappa shape index (κ3) is 6.43. The molecule has 0 aromatic heterocycles. The summed E-state index contributed by atoms with van der Waals surface area (Å²) in [6.45, 7) is 2.89. The molecule has 0 saturated carbocycles. The zero-order chi connectivity index (χ0) is 14.6. The number of halogens is 1. The van der Waals surface area contributed by atoms with Crippen LogP contribution in [-0.4, -0.2) is 47.2 Å². The van der Waals surface area contributed by atoms with Gasteiger partial charge in [0.25, 0.3) is 0 Å². The molecule has 0 amide bonds. The lowest BCUT2D eigenvalue weighted by atomic mass is 10.1. The summed E-state index contributed by atoms with van der Waals surface area (Å²) in [6, 6.07) is 6.61. The van der Waals surface area contributed by atoms with Crippen molar-refractivity contribution < 1.29 is 18.6 Å². The van der Waals surface area contributed by atoms with Crippen molar-refractivity contribution in [1.82, 2.24) is 5.32 Å². The van der Waals surface area contributed by atoms with Gasteiger partial charge in [-0.15, -0.1) is 0 Å². The van der Waals surface area contributed by atoms with E-state index in [2.05, 4.69) is 5.32 Å². The van der Waals surface area contributed by atoms with Gasteiger partial charge in [0.2, 0.25) is 0 Å². The number of likely N-dealkylation sites (N-methyl/N-ethyl adjacent to an activating group) is 1. The fourth-order valence-electron chi connectivity index (χ4n) is 1.79. The summed E-state index contributed by atoms with van der Waals surface area (Å²) in [5, 5.41) is 3.07. The average Bonchev–Trinajstić information content (AvgIpc) is 2.47. The molecule has 20 heavy (non-hydrogen) atoms. The van der Waals surface area contributed by atoms with Gasteiger partial charge in [0, 0.05) is 25.9 Å². The number of ether oxygens (including phenoxy) is 3. The number of benzene rings is 1. The van der Waals surface area contributed by atoms with Gasteiger partial charge in [-0.2, -0.15) is 0 Å². The van der Waals surface area contributed by atoms with Crippen molar-refractivity contribution in [3.05, 3.63) is 35.6 Å². The Morgan fingerprint density at radius 1 is 1.10 bits per heavy atom. The molecule has 1 aromatic rings. The van der Waals surface area contributed by atoms with Crippen molar-refractivity contribution in [2.45, 2.75) is 12.5 Å². The van der Waals surface area contributed by atoms with E-state index in [9.17, 15) is 4.39 Å². The van der Waals surface area contributed by atoms with Gasteiger partial charge in [-0.1, -0.05) is 18.2 Å². The van der Waals surface area contributed by atoms with Crippen LogP contribution in [-0.2, 0) is 14.2 Å². The number of rotatable bonds is 11. The van der Waals surface area contributed by atoms with Crippen LogP contribution < -0.4 is 5.32 Å². The molecular weight excluding hydrogens is 261 g/mol. The first-order valence-electron chi connectivity index (χ1n) is 6.85. The maximum atomic E-state index is 13.6. The normalized spacial score (nSPS) is 12.6. The van der Waals surface area contributed by atoms with Crippen molar-refractivity contribution in [3.8, 4) is 0 Å². The fourth-order valence-corrected chi connectivity index (χ4v) is 1.79.